The van der Waals surface area contributed by atoms with Gasteiger partial charge in [0.2, 0.25) is 0 Å². The Hall–Kier alpha value is -0.930. The van der Waals surface area contributed by atoms with Gasteiger partial charge in [-0.3, -0.25) is 4.90 Å². The second-order valence-corrected chi connectivity index (χ2v) is 6.15. The van der Waals surface area contributed by atoms with Crippen LogP contribution < -0.4 is 4.74 Å². The smallest absolute Gasteiger partial charge is 0.119 e. The number of alkyl halides is 2. The van der Waals surface area contributed by atoms with Crippen molar-refractivity contribution in [2.24, 2.45) is 0 Å². The van der Waals surface area contributed by atoms with Gasteiger partial charge in [0.15, 0.2) is 0 Å². The molecule has 24 heavy (non-hydrogen) atoms. The highest BCUT2D eigenvalue weighted by molar-refractivity contribution is 6.18. The molecule has 2 aromatic carbocycles. The fraction of sp³-hybridized carbons (Fsp3) is 0.368. The van der Waals surface area contributed by atoms with Gasteiger partial charge in [0.1, 0.15) is 5.75 Å². The van der Waals surface area contributed by atoms with Gasteiger partial charge >= 0.3 is 0 Å². The molecule has 0 N–H and O–H groups in total. The molecule has 0 saturated carbocycles. The molecule has 0 heterocycles. The fourth-order valence-electron chi connectivity index (χ4n) is 2.80. The van der Waals surface area contributed by atoms with Gasteiger partial charge in [-0.05, 0) is 29.7 Å². The van der Waals surface area contributed by atoms with Crippen molar-refractivity contribution in [1.82, 2.24) is 4.90 Å². The van der Waals surface area contributed by atoms with Gasteiger partial charge in [0.25, 0.3) is 0 Å². The molecule has 2 rings (SSSR count). The Morgan fingerprint density at radius 2 is 1.62 bits per heavy atom. The molecule has 0 aliphatic rings. The first-order valence-corrected chi connectivity index (χ1v) is 8.89. The van der Waals surface area contributed by atoms with E-state index in [-0.39, 0.29) is 18.4 Å². The lowest BCUT2D eigenvalue weighted by Gasteiger charge is -2.31. The van der Waals surface area contributed by atoms with Gasteiger partial charge in [0.05, 0.1) is 7.11 Å². The third kappa shape index (κ3) is 6.18. The van der Waals surface area contributed by atoms with Crippen molar-refractivity contribution in [3.05, 3.63) is 65.7 Å². The van der Waals surface area contributed by atoms with Crippen LogP contribution in [0.5, 0.6) is 5.75 Å². The van der Waals surface area contributed by atoms with Crippen molar-refractivity contribution in [2.75, 3.05) is 32.0 Å². The Kier molecular flexibility index (Phi) is 10.2. The summed E-state index contributed by atoms with van der Waals surface area (Å²) in [5, 5.41) is 0. The van der Waals surface area contributed by atoms with E-state index in [9.17, 15) is 0 Å². The van der Waals surface area contributed by atoms with Crippen LogP contribution in [-0.4, -0.2) is 36.9 Å². The standard InChI is InChI=1S/C19H23Cl2NO.ClH/c1-23-18-9-5-6-16(14-18)15-19(17-7-3-2-4-8-17)22(12-10-20)13-11-21;/h2-9,14,19H,10-13,15H2,1H3;1H. The number of nitrogens with zero attached hydrogens (tertiary/aromatic N) is 1. The van der Waals surface area contributed by atoms with E-state index in [1.54, 1.807) is 7.11 Å². The number of rotatable bonds is 9. The van der Waals surface area contributed by atoms with Crippen LogP contribution in [0.2, 0.25) is 0 Å². The summed E-state index contributed by atoms with van der Waals surface area (Å²) >= 11 is 12.0. The van der Waals surface area contributed by atoms with Crippen LogP contribution in [0.4, 0.5) is 0 Å². The van der Waals surface area contributed by atoms with Gasteiger partial charge in [-0.1, -0.05) is 42.5 Å². The summed E-state index contributed by atoms with van der Waals surface area (Å²) in [6.07, 6.45) is 0.898. The number of benzene rings is 2. The van der Waals surface area contributed by atoms with E-state index in [2.05, 4.69) is 41.3 Å². The molecule has 5 heteroatoms. The molecular formula is C19H24Cl3NO. The number of halogens is 3. The van der Waals surface area contributed by atoms with E-state index in [4.69, 9.17) is 27.9 Å². The molecule has 2 nitrogen and oxygen atoms in total. The Bertz CT molecular complexity index is 574. The largest absolute Gasteiger partial charge is 0.497 e. The van der Waals surface area contributed by atoms with Crippen molar-refractivity contribution < 1.29 is 4.74 Å². The molecule has 0 bridgehead atoms. The van der Waals surface area contributed by atoms with Gasteiger partial charge in [0, 0.05) is 30.9 Å². The first-order valence-electron chi connectivity index (χ1n) is 7.82. The summed E-state index contributed by atoms with van der Waals surface area (Å²) in [5.74, 6) is 2.08. The molecule has 2 aromatic rings. The lowest BCUT2D eigenvalue weighted by Crippen LogP contribution is -2.33. The maximum atomic E-state index is 6.01. The summed E-state index contributed by atoms with van der Waals surface area (Å²) in [7, 11) is 1.70. The Morgan fingerprint density at radius 1 is 0.958 bits per heavy atom. The molecular weight excluding hydrogens is 365 g/mol. The first-order chi connectivity index (χ1) is 11.3. The third-order valence-corrected chi connectivity index (χ3v) is 4.27. The molecule has 0 spiro atoms. The summed E-state index contributed by atoms with van der Waals surface area (Å²) in [4.78, 5) is 2.36. The second-order valence-electron chi connectivity index (χ2n) is 5.40. The maximum absolute atomic E-state index is 6.01. The molecule has 0 aromatic heterocycles. The monoisotopic (exact) mass is 387 g/mol. The highest BCUT2D eigenvalue weighted by Crippen LogP contribution is 2.26. The van der Waals surface area contributed by atoms with Crippen molar-refractivity contribution in [1.29, 1.82) is 0 Å². The molecule has 0 fully saturated rings. The van der Waals surface area contributed by atoms with E-state index in [0.717, 1.165) is 25.3 Å². The van der Waals surface area contributed by atoms with Crippen molar-refractivity contribution >= 4 is 35.6 Å². The molecule has 0 aliphatic heterocycles. The summed E-state index contributed by atoms with van der Waals surface area (Å²) in [6.45, 7) is 1.63. The molecule has 0 amide bonds. The number of hydrogen-bond acceptors (Lipinski definition) is 2. The van der Waals surface area contributed by atoms with E-state index in [1.807, 2.05) is 18.2 Å². The van der Waals surface area contributed by atoms with Crippen LogP contribution in [0, 0.1) is 0 Å². The fourth-order valence-corrected chi connectivity index (χ4v) is 3.23. The number of methoxy groups -OCH3 is 1. The van der Waals surface area contributed by atoms with Gasteiger partial charge < -0.3 is 4.74 Å². The summed E-state index contributed by atoms with van der Waals surface area (Å²) in [5.41, 5.74) is 2.53. The zero-order chi connectivity index (χ0) is 16.5. The topological polar surface area (TPSA) is 12.5 Å². The molecule has 0 saturated heterocycles. The van der Waals surface area contributed by atoms with E-state index in [1.165, 1.54) is 11.1 Å². The van der Waals surface area contributed by atoms with E-state index in [0.29, 0.717) is 11.8 Å². The highest BCUT2D eigenvalue weighted by Gasteiger charge is 2.20. The average Bonchev–Trinajstić information content (AvgIpc) is 2.60. The minimum Gasteiger partial charge on any atom is -0.497 e. The predicted octanol–water partition coefficient (Wildman–Crippen LogP) is 5.18. The SMILES string of the molecule is COc1cccc(CC(c2ccccc2)N(CCCl)CCCl)c1.Cl. The van der Waals surface area contributed by atoms with E-state index >= 15 is 0 Å². The van der Waals surface area contributed by atoms with Gasteiger partial charge in [-0.15, -0.1) is 35.6 Å². The quantitative estimate of drug-likeness (QED) is 0.549. The van der Waals surface area contributed by atoms with Crippen LogP contribution >= 0.6 is 35.6 Å². The van der Waals surface area contributed by atoms with E-state index < -0.39 is 0 Å². The molecule has 132 valence electrons. The van der Waals surface area contributed by atoms with Gasteiger partial charge in [-0.2, -0.15) is 0 Å². The van der Waals surface area contributed by atoms with Crippen molar-refractivity contribution in [3.8, 4) is 5.75 Å². The first kappa shape index (κ1) is 21.1. The summed E-state index contributed by atoms with van der Waals surface area (Å²) < 4.78 is 5.34. The lowest BCUT2D eigenvalue weighted by atomic mass is 9.97. The molecule has 1 unspecified atom stereocenters. The number of ether oxygens (including phenoxy) is 1. The van der Waals surface area contributed by atoms with Gasteiger partial charge in [-0.25, -0.2) is 0 Å². The Labute approximate surface area is 161 Å². The Morgan fingerprint density at radius 3 is 2.21 bits per heavy atom. The summed E-state index contributed by atoms with van der Waals surface area (Å²) in [6, 6.07) is 19.0. The van der Waals surface area contributed by atoms with Crippen LogP contribution in [-0.2, 0) is 6.42 Å². The zero-order valence-corrected chi connectivity index (χ0v) is 16.2. The lowest BCUT2D eigenvalue weighted by molar-refractivity contribution is 0.220. The van der Waals surface area contributed by atoms with Crippen LogP contribution in [0.3, 0.4) is 0 Å². The van der Waals surface area contributed by atoms with Crippen molar-refractivity contribution in [2.45, 2.75) is 12.5 Å². The van der Waals surface area contributed by atoms with Crippen LogP contribution in [0.1, 0.15) is 17.2 Å². The Balaban J connectivity index is 0.00000288. The minimum absolute atomic E-state index is 0. The number of hydrogen-bond donors (Lipinski definition) is 0. The molecule has 0 aliphatic carbocycles. The average molecular weight is 389 g/mol. The molecule has 1 atom stereocenters. The highest BCUT2D eigenvalue weighted by atomic mass is 35.5. The third-order valence-electron chi connectivity index (χ3n) is 3.93. The van der Waals surface area contributed by atoms with Crippen molar-refractivity contribution in [3.63, 3.8) is 0 Å². The van der Waals surface area contributed by atoms with Crippen LogP contribution in [0.25, 0.3) is 0 Å². The maximum Gasteiger partial charge on any atom is 0.119 e. The predicted molar refractivity (Wildman–Crippen MR) is 106 cm³/mol. The second kappa shape index (κ2) is 11.6. The normalized spacial score (nSPS) is 11.8. The van der Waals surface area contributed by atoms with Crippen LogP contribution in [0.15, 0.2) is 54.6 Å². The molecule has 0 radical (unpaired) electrons. The zero-order valence-electron chi connectivity index (χ0n) is 13.8. The minimum atomic E-state index is 0.